The van der Waals surface area contributed by atoms with E-state index in [0.717, 1.165) is 11.6 Å². The number of hydrogen-bond donors (Lipinski definition) is 0. The number of aryl methyl sites for hydroxylation is 1. The first-order valence-electron chi connectivity index (χ1n) is 5.65. The van der Waals surface area contributed by atoms with Crippen LogP contribution in [0.3, 0.4) is 0 Å². The van der Waals surface area contributed by atoms with E-state index in [0.29, 0.717) is 11.3 Å². The molecule has 96 valence electrons. The minimum Gasteiger partial charge on any atom is -0.428 e. The van der Waals surface area contributed by atoms with Crippen molar-refractivity contribution in [3.05, 3.63) is 70.3 Å². The van der Waals surface area contributed by atoms with Gasteiger partial charge < -0.3 is 9.15 Å². The predicted molar refractivity (Wildman–Crippen MR) is 71.2 cm³/mol. The van der Waals surface area contributed by atoms with Crippen molar-refractivity contribution < 1.29 is 13.9 Å². The first-order chi connectivity index (χ1) is 9.08. The number of benzene rings is 1. The molecule has 1 aromatic heterocycles. The molecule has 0 aliphatic rings. The van der Waals surface area contributed by atoms with Gasteiger partial charge in [-0.15, -0.1) is 0 Å². The van der Waals surface area contributed by atoms with Crippen LogP contribution in [0.1, 0.15) is 21.7 Å². The van der Waals surface area contributed by atoms with Gasteiger partial charge in [-0.2, -0.15) is 0 Å². The first kappa shape index (κ1) is 12.8. The summed E-state index contributed by atoms with van der Waals surface area (Å²) in [6.45, 7) is 5.24. The van der Waals surface area contributed by atoms with Gasteiger partial charge in [-0.3, -0.25) is 0 Å². The topological polar surface area (TPSA) is 56.5 Å². The van der Waals surface area contributed by atoms with Crippen LogP contribution in [0.4, 0.5) is 0 Å². The second-order valence-corrected chi connectivity index (χ2v) is 3.94. The summed E-state index contributed by atoms with van der Waals surface area (Å²) >= 11 is 0. The zero-order valence-electron chi connectivity index (χ0n) is 10.4. The lowest BCUT2D eigenvalue weighted by molar-refractivity contribution is 0.0733. The molecule has 0 N–H and O–H groups in total. The second-order valence-electron chi connectivity index (χ2n) is 3.94. The molecule has 0 spiro atoms. The average Bonchev–Trinajstić information content (AvgIpc) is 2.37. The lowest BCUT2D eigenvalue weighted by Crippen LogP contribution is -2.10. The summed E-state index contributed by atoms with van der Waals surface area (Å²) in [6.07, 6.45) is 1.64. The molecule has 0 saturated heterocycles. The fraction of sp³-hybridized carbons (Fsp3) is 0.0667. The van der Waals surface area contributed by atoms with Crippen LogP contribution in [0.25, 0.3) is 6.08 Å². The van der Waals surface area contributed by atoms with Gasteiger partial charge in [0.15, 0.2) is 0 Å². The summed E-state index contributed by atoms with van der Waals surface area (Å²) in [4.78, 5) is 23.1. The van der Waals surface area contributed by atoms with Gasteiger partial charge in [0, 0.05) is 6.07 Å². The lowest BCUT2D eigenvalue weighted by Gasteiger charge is -2.04. The highest BCUT2D eigenvalue weighted by atomic mass is 16.5. The van der Waals surface area contributed by atoms with Gasteiger partial charge in [0.05, 0.1) is 11.6 Å². The fourth-order valence-electron chi connectivity index (χ4n) is 1.59. The Morgan fingerprint density at radius 3 is 2.79 bits per heavy atom. The zero-order chi connectivity index (χ0) is 13.8. The Bertz CT molecular complexity index is 683. The molecule has 0 aliphatic carbocycles. The van der Waals surface area contributed by atoms with Gasteiger partial charge >= 0.3 is 11.6 Å². The van der Waals surface area contributed by atoms with Crippen molar-refractivity contribution in [2.45, 2.75) is 6.92 Å². The molecule has 19 heavy (non-hydrogen) atoms. The number of hydrogen-bond acceptors (Lipinski definition) is 4. The molecule has 0 bridgehead atoms. The molecule has 1 aromatic carbocycles. The Morgan fingerprint density at radius 1 is 1.32 bits per heavy atom. The van der Waals surface area contributed by atoms with E-state index in [4.69, 9.17) is 9.15 Å². The fourth-order valence-corrected chi connectivity index (χ4v) is 1.59. The van der Waals surface area contributed by atoms with Crippen LogP contribution in [0.2, 0.25) is 0 Å². The molecular formula is C15H12O4. The molecule has 1 heterocycles. The number of ether oxygens (including phenoxy) is 1. The van der Waals surface area contributed by atoms with E-state index >= 15 is 0 Å². The van der Waals surface area contributed by atoms with E-state index in [2.05, 4.69) is 6.58 Å². The predicted octanol–water partition coefficient (Wildman–Crippen LogP) is 2.81. The highest BCUT2D eigenvalue weighted by Crippen LogP contribution is 2.13. The Labute approximate surface area is 110 Å². The van der Waals surface area contributed by atoms with Crippen molar-refractivity contribution in [2.75, 3.05) is 0 Å². The van der Waals surface area contributed by atoms with Crippen LogP contribution in [0, 0.1) is 6.92 Å². The van der Waals surface area contributed by atoms with Crippen LogP contribution < -0.4 is 10.4 Å². The van der Waals surface area contributed by atoms with E-state index in [9.17, 15) is 9.59 Å². The second kappa shape index (κ2) is 5.35. The molecule has 0 radical (unpaired) electrons. The minimum absolute atomic E-state index is 0.169. The van der Waals surface area contributed by atoms with Gasteiger partial charge in [-0.25, -0.2) is 9.59 Å². The Morgan fingerprint density at radius 2 is 2.11 bits per heavy atom. The van der Waals surface area contributed by atoms with Crippen molar-refractivity contribution in [1.82, 2.24) is 0 Å². The van der Waals surface area contributed by atoms with Crippen LogP contribution in [0.5, 0.6) is 5.75 Å². The summed E-state index contributed by atoms with van der Waals surface area (Å²) in [5.74, 6) is 0.0200. The normalized spacial score (nSPS) is 9.95. The molecule has 0 atom stereocenters. The highest BCUT2D eigenvalue weighted by Gasteiger charge is 2.10. The molecule has 0 fully saturated rings. The highest BCUT2D eigenvalue weighted by molar-refractivity contribution is 5.91. The average molecular weight is 256 g/mol. The molecule has 0 aliphatic heterocycles. The van der Waals surface area contributed by atoms with E-state index < -0.39 is 11.6 Å². The summed E-state index contributed by atoms with van der Waals surface area (Å²) in [6, 6.07) is 9.46. The summed E-state index contributed by atoms with van der Waals surface area (Å²) in [5, 5.41) is 0. The van der Waals surface area contributed by atoms with Crippen LogP contribution >= 0.6 is 0 Å². The van der Waals surface area contributed by atoms with Gasteiger partial charge in [0.1, 0.15) is 11.5 Å². The molecule has 0 unspecified atom stereocenters. The van der Waals surface area contributed by atoms with Gasteiger partial charge in [0.2, 0.25) is 0 Å². The molecular weight excluding hydrogens is 244 g/mol. The van der Waals surface area contributed by atoms with Gasteiger partial charge in [-0.1, -0.05) is 24.8 Å². The molecule has 2 rings (SSSR count). The third kappa shape index (κ3) is 3.19. The van der Waals surface area contributed by atoms with Crippen molar-refractivity contribution >= 4 is 12.0 Å². The summed E-state index contributed by atoms with van der Waals surface area (Å²) in [5.41, 5.74) is 0.657. The zero-order valence-corrected chi connectivity index (χ0v) is 10.4. The van der Waals surface area contributed by atoms with Crippen LogP contribution in [0.15, 0.2) is 52.2 Å². The maximum absolute atomic E-state index is 11.9. The van der Waals surface area contributed by atoms with Crippen LogP contribution in [-0.2, 0) is 0 Å². The Balaban J connectivity index is 2.25. The van der Waals surface area contributed by atoms with Gasteiger partial charge in [0.25, 0.3) is 0 Å². The van der Waals surface area contributed by atoms with E-state index in [-0.39, 0.29) is 5.75 Å². The Kier molecular flexibility index (Phi) is 3.61. The summed E-state index contributed by atoms with van der Waals surface area (Å²) in [7, 11) is 0. The SMILES string of the molecule is C=Cc1cccc(C(=O)Oc2cc(C)oc(=O)c2)c1. The number of carbonyl (C=O) groups is 1. The van der Waals surface area contributed by atoms with Crippen molar-refractivity contribution in [3.63, 3.8) is 0 Å². The molecule has 0 saturated carbocycles. The summed E-state index contributed by atoms with van der Waals surface area (Å²) < 4.78 is 9.91. The molecule has 4 heteroatoms. The van der Waals surface area contributed by atoms with E-state index in [1.54, 1.807) is 31.2 Å². The third-order valence-corrected chi connectivity index (χ3v) is 2.44. The molecule has 2 aromatic rings. The minimum atomic E-state index is -0.553. The van der Waals surface area contributed by atoms with E-state index in [1.165, 1.54) is 6.07 Å². The molecule has 4 nitrogen and oxygen atoms in total. The largest absolute Gasteiger partial charge is 0.428 e. The van der Waals surface area contributed by atoms with E-state index in [1.807, 2.05) is 6.07 Å². The smallest absolute Gasteiger partial charge is 0.343 e. The number of carbonyl (C=O) groups excluding carboxylic acids is 1. The lowest BCUT2D eigenvalue weighted by atomic mass is 10.1. The van der Waals surface area contributed by atoms with Crippen molar-refractivity contribution in [3.8, 4) is 5.75 Å². The van der Waals surface area contributed by atoms with Crippen molar-refractivity contribution in [2.24, 2.45) is 0 Å². The van der Waals surface area contributed by atoms with Crippen molar-refractivity contribution in [1.29, 1.82) is 0 Å². The maximum atomic E-state index is 11.9. The monoisotopic (exact) mass is 256 g/mol. The van der Waals surface area contributed by atoms with Gasteiger partial charge in [-0.05, 0) is 24.6 Å². The Hall–Kier alpha value is -2.62. The quantitative estimate of drug-likeness (QED) is 0.792. The standard InChI is InChI=1S/C15H12O4/c1-3-11-5-4-6-12(8-11)15(17)19-13-7-10(2)18-14(16)9-13/h3-9H,1H2,2H3. The maximum Gasteiger partial charge on any atom is 0.343 e. The number of rotatable bonds is 3. The van der Waals surface area contributed by atoms with Crippen LogP contribution in [-0.4, -0.2) is 5.97 Å². The third-order valence-electron chi connectivity index (χ3n) is 2.44. The molecule has 0 amide bonds. The first-order valence-corrected chi connectivity index (χ1v) is 5.65. The number of esters is 1.